The number of halogens is 1. The number of nitrogens with one attached hydrogen (secondary N) is 1. The Hall–Kier alpha value is -0.760. The summed E-state index contributed by atoms with van der Waals surface area (Å²) in [5.74, 6) is 1.83. The molecule has 0 aliphatic heterocycles. The van der Waals surface area contributed by atoms with Crippen LogP contribution in [0.25, 0.3) is 0 Å². The van der Waals surface area contributed by atoms with Gasteiger partial charge in [0.05, 0.1) is 5.69 Å². The van der Waals surface area contributed by atoms with E-state index in [1.807, 2.05) is 12.1 Å². The summed E-state index contributed by atoms with van der Waals surface area (Å²) in [5.41, 5.74) is 0.997. The second-order valence-electron chi connectivity index (χ2n) is 4.77. The molecule has 0 spiro atoms. The lowest BCUT2D eigenvalue weighted by molar-refractivity contribution is 0.439. The minimum atomic E-state index is 0.597. The largest absolute Gasteiger partial charge is 0.380 e. The molecule has 3 rings (SSSR count). The lowest BCUT2D eigenvalue weighted by Crippen LogP contribution is -2.26. The number of hydrogen-bond acceptors (Lipinski definition) is 2. The van der Waals surface area contributed by atoms with Crippen molar-refractivity contribution in [2.45, 2.75) is 31.7 Å². The Morgan fingerprint density at radius 3 is 2.93 bits per heavy atom. The van der Waals surface area contributed by atoms with Gasteiger partial charge in [0.15, 0.2) is 5.15 Å². The van der Waals surface area contributed by atoms with Gasteiger partial charge in [-0.3, -0.25) is 0 Å². The van der Waals surface area contributed by atoms with Crippen molar-refractivity contribution in [3.05, 3.63) is 23.5 Å². The van der Waals surface area contributed by atoms with Crippen molar-refractivity contribution in [2.24, 2.45) is 11.8 Å². The van der Waals surface area contributed by atoms with Gasteiger partial charge in [0, 0.05) is 12.2 Å². The van der Waals surface area contributed by atoms with Gasteiger partial charge in [0.1, 0.15) is 0 Å². The molecule has 2 bridgehead atoms. The lowest BCUT2D eigenvalue weighted by Gasteiger charge is -2.24. The van der Waals surface area contributed by atoms with Crippen molar-refractivity contribution in [3.63, 3.8) is 0 Å². The quantitative estimate of drug-likeness (QED) is 0.777. The van der Waals surface area contributed by atoms with Crippen LogP contribution in [0.2, 0.25) is 5.15 Å². The molecule has 3 unspecified atom stereocenters. The highest BCUT2D eigenvalue weighted by Gasteiger charge is 2.39. The van der Waals surface area contributed by atoms with Crippen molar-refractivity contribution >= 4 is 17.3 Å². The van der Waals surface area contributed by atoms with Crippen molar-refractivity contribution in [2.75, 3.05) is 5.32 Å². The van der Waals surface area contributed by atoms with E-state index in [-0.39, 0.29) is 0 Å². The summed E-state index contributed by atoms with van der Waals surface area (Å²) in [6.45, 7) is 0. The molecule has 15 heavy (non-hydrogen) atoms. The number of nitrogens with zero attached hydrogens (tertiary/aromatic N) is 1. The van der Waals surface area contributed by atoms with E-state index >= 15 is 0 Å². The average molecular weight is 223 g/mol. The molecule has 0 saturated heterocycles. The van der Waals surface area contributed by atoms with E-state index in [0.29, 0.717) is 11.2 Å². The molecule has 2 aliphatic carbocycles. The number of anilines is 1. The molecular weight excluding hydrogens is 208 g/mol. The number of rotatable bonds is 2. The number of pyridine rings is 1. The first-order valence-electron chi connectivity index (χ1n) is 5.70. The molecular formula is C12H15ClN2. The maximum Gasteiger partial charge on any atom is 0.152 e. The van der Waals surface area contributed by atoms with E-state index in [9.17, 15) is 0 Å². The Morgan fingerprint density at radius 1 is 1.33 bits per heavy atom. The monoisotopic (exact) mass is 222 g/mol. The Labute approximate surface area is 95.0 Å². The lowest BCUT2D eigenvalue weighted by atomic mass is 9.95. The van der Waals surface area contributed by atoms with Crippen LogP contribution in [0.3, 0.4) is 0 Å². The van der Waals surface area contributed by atoms with Crippen LogP contribution in [-0.4, -0.2) is 11.0 Å². The number of aromatic nitrogens is 1. The molecule has 1 aromatic rings. The van der Waals surface area contributed by atoms with Crippen LogP contribution in [0.5, 0.6) is 0 Å². The van der Waals surface area contributed by atoms with Crippen molar-refractivity contribution < 1.29 is 0 Å². The van der Waals surface area contributed by atoms with Crippen molar-refractivity contribution in [1.29, 1.82) is 0 Å². The van der Waals surface area contributed by atoms with Gasteiger partial charge in [-0.2, -0.15) is 0 Å². The molecule has 0 radical (unpaired) electrons. The molecule has 0 aromatic carbocycles. The Bertz CT molecular complexity index is 366. The fourth-order valence-corrected chi connectivity index (χ4v) is 3.29. The topological polar surface area (TPSA) is 24.9 Å². The molecule has 1 heterocycles. The zero-order valence-corrected chi connectivity index (χ0v) is 9.37. The van der Waals surface area contributed by atoms with Crippen LogP contribution >= 0.6 is 11.6 Å². The molecule has 80 valence electrons. The third-order valence-electron chi connectivity index (χ3n) is 3.84. The SMILES string of the molecule is Clc1ncccc1NC1CC2CCC1C2. The van der Waals surface area contributed by atoms with Crippen LogP contribution in [0.4, 0.5) is 5.69 Å². The summed E-state index contributed by atoms with van der Waals surface area (Å²) in [5, 5.41) is 4.14. The van der Waals surface area contributed by atoms with Crippen LogP contribution < -0.4 is 5.32 Å². The van der Waals surface area contributed by atoms with E-state index < -0.39 is 0 Å². The zero-order chi connectivity index (χ0) is 10.3. The van der Waals surface area contributed by atoms with Crippen LogP contribution in [0.1, 0.15) is 25.7 Å². The molecule has 1 aromatic heterocycles. The van der Waals surface area contributed by atoms with Gasteiger partial charge >= 0.3 is 0 Å². The first-order valence-corrected chi connectivity index (χ1v) is 6.08. The van der Waals surface area contributed by atoms with Gasteiger partial charge in [-0.1, -0.05) is 18.0 Å². The van der Waals surface area contributed by atoms with E-state index in [2.05, 4.69) is 10.3 Å². The maximum absolute atomic E-state index is 6.03. The molecule has 2 saturated carbocycles. The summed E-state index contributed by atoms with van der Waals surface area (Å²) in [7, 11) is 0. The maximum atomic E-state index is 6.03. The van der Waals surface area contributed by atoms with Crippen molar-refractivity contribution in [3.8, 4) is 0 Å². The summed E-state index contributed by atoms with van der Waals surface area (Å²) in [6.07, 6.45) is 7.28. The highest BCUT2D eigenvalue weighted by Crippen LogP contribution is 2.45. The molecule has 2 aliphatic rings. The molecule has 1 N–H and O–H groups in total. The third-order valence-corrected chi connectivity index (χ3v) is 4.14. The highest BCUT2D eigenvalue weighted by atomic mass is 35.5. The van der Waals surface area contributed by atoms with Gasteiger partial charge in [-0.05, 0) is 43.2 Å². The fraction of sp³-hybridized carbons (Fsp3) is 0.583. The predicted molar refractivity (Wildman–Crippen MR) is 62.1 cm³/mol. The third kappa shape index (κ3) is 1.71. The second-order valence-corrected chi connectivity index (χ2v) is 5.13. The summed E-state index contributed by atoms with van der Waals surface area (Å²) in [6, 6.07) is 4.58. The summed E-state index contributed by atoms with van der Waals surface area (Å²) < 4.78 is 0. The van der Waals surface area contributed by atoms with Crippen LogP contribution in [0.15, 0.2) is 18.3 Å². The standard InChI is InChI=1S/C12H15ClN2/c13-12-10(2-1-5-14-12)15-11-7-8-3-4-9(11)6-8/h1-2,5,8-9,11,15H,3-4,6-7H2. The second kappa shape index (κ2) is 3.67. The minimum Gasteiger partial charge on any atom is -0.380 e. The Kier molecular flexibility index (Phi) is 2.32. The van der Waals surface area contributed by atoms with Gasteiger partial charge in [0.2, 0.25) is 0 Å². The van der Waals surface area contributed by atoms with Gasteiger partial charge in [-0.15, -0.1) is 0 Å². The summed E-state index contributed by atoms with van der Waals surface area (Å²) in [4.78, 5) is 4.09. The first kappa shape index (κ1) is 9.46. The average Bonchev–Trinajstić information content (AvgIpc) is 2.83. The number of fused-ring (bicyclic) bond motifs is 2. The fourth-order valence-electron chi connectivity index (χ4n) is 3.11. The van der Waals surface area contributed by atoms with E-state index in [4.69, 9.17) is 11.6 Å². The number of hydrogen-bond donors (Lipinski definition) is 1. The minimum absolute atomic E-state index is 0.597. The smallest absolute Gasteiger partial charge is 0.152 e. The van der Waals surface area contributed by atoms with Crippen molar-refractivity contribution in [1.82, 2.24) is 4.98 Å². The van der Waals surface area contributed by atoms with E-state index in [1.165, 1.54) is 25.7 Å². The van der Waals surface area contributed by atoms with Crippen LogP contribution in [-0.2, 0) is 0 Å². The van der Waals surface area contributed by atoms with E-state index in [1.54, 1.807) is 6.20 Å². The first-order chi connectivity index (χ1) is 7.33. The molecule has 3 heteroatoms. The summed E-state index contributed by atoms with van der Waals surface area (Å²) >= 11 is 6.03. The Morgan fingerprint density at radius 2 is 2.27 bits per heavy atom. The molecule has 3 atom stereocenters. The molecule has 0 amide bonds. The zero-order valence-electron chi connectivity index (χ0n) is 8.62. The van der Waals surface area contributed by atoms with Gasteiger partial charge in [-0.25, -0.2) is 4.98 Å². The van der Waals surface area contributed by atoms with Gasteiger partial charge in [0.25, 0.3) is 0 Å². The highest BCUT2D eigenvalue weighted by molar-refractivity contribution is 6.31. The van der Waals surface area contributed by atoms with E-state index in [0.717, 1.165) is 17.5 Å². The normalized spacial score (nSPS) is 33.3. The molecule has 2 nitrogen and oxygen atoms in total. The molecule has 2 fully saturated rings. The van der Waals surface area contributed by atoms with Gasteiger partial charge < -0.3 is 5.32 Å². The predicted octanol–water partition coefficient (Wildman–Crippen LogP) is 3.34. The van der Waals surface area contributed by atoms with Crippen LogP contribution in [0, 0.1) is 11.8 Å². The Balaban J connectivity index is 1.73.